The van der Waals surface area contributed by atoms with Gasteiger partial charge in [-0.15, -0.1) is 0 Å². The Balaban J connectivity index is 2.73. The Morgan fingerprint density at radius 3 is 1.89 bits per heavy atom. The zero-order valence-electron chi connectivity index (χ0n) is 4.42. The molecule has 0 unspecified atom stereocenters. The van der Waals surface area contributed by atoms with Gasteiger partial charge in [0.2, 0.25) is 0 Å². The Labute approximate surface area is 51.2 Å². The number of rotatable bonds is 2. The standard InChI is InChI=1S/C3H5F2NO2S/c4-6(5)9(7,8)3-1-2-3/h3H,1-2H2. The predicted molar refractivity (Wildman–Crippen MR) is 26.0 cm³/mol. The highest BCUT2D eigenvalue weighted by Gasteiger charge is 2.41. The molecule has 0 saturated heterocycles. The van der Waals surface area contributed by atoms with Crippen LogP contribution in [0.4, 0.5) is 8.96 Å². The lowest BCUT2D eigenvalue weighted by Crippen LogP contribution is -2.18. The van der Waals surface area contributed by atoms with Crippen molar-refractivity contribution in [3.05, 3.63) is 0 Å². The number of hydrogen-bond donors (Lipinski definition) is 0. The fourth-order valence-electron chi connectivity index (χ4n) is 0.479. The highest BCUT2D eigenvalue weighted by atomic mass is 32.2. The summed E-state index contributed by atoms with van der Waals surface area (Å²) in [4.78, 5) is 0. The maximum absolute atomic E-state index is 11.3. The molecule has 1 aliphatic rings. The molecule has 1 aliphatic carbocycles. The topological polar surface area (TPSA) is 37.4 Å². The number of nitrogens with zero attached hydrogens (tertiary/aromatic N) is 1. The maximum atomic E-state index is 11.3. The zero-order valence-corrected chi connectivity index (χ0v) is 5.24. The first kappa shape index (κ1) is 6.88. The Kier molecular flexibility index (Phi) is 1.44. The molecule has 0 spiro atoms. The summed E-state index contributed by atoms with van der Waals surface area (Å²) in [6.07, 6.45) is 0.735. The fourth-order valence-corrected chi connectivity index (χ4v) is 1.44. The molecule has 0 N–H and O–H groups in total. The van der Waals surface area contributed by atoms with Gasteiger partial charge in [0.25, 0.3) is 10.0 Å². The summed E-state index contributed by atoms with van der Waals surface area (Å²) in [5, 5.41) is -0.813. The average molecular weight is 157 g/mol. The minimum Gasteiger partial charge on any atom is -0.207 e. The summed E-state index contributed by atoms with van der Waals surface area (Å²) < 4.78 is 41.5. The van der Waals surface area contributed by atoms with E-state index in [1.54, 1.807) is 0 Å². The smallest absolute Gasteiger partial charge is 0.207 e. The average Bonchev–Trinajstić information content (AvgIpc) is 2.42. The fraction of sp³-hybridized carbons (Fsp3) is 1.00. The van der Waals surface area contributed by atoms with Crippen molar-refractivity contribution in [3.63, 3.8) is 0 Å². The molecule has 6 heteroatoms. The van der Waals surface area contributed by atoms with Gasteiger partial charge in [0, 0.05) is 0 Å². The monoisotopic (exact) mass is 157 g/mol. The third-order valence-corrected chi connectivity index (χ3v) is 2.84. The van der Waals surface area contributed by atoms with E-state index in [2.05, 4.69) is 0 Å². The SMILES string of the molecule is O=S(=O)(C1CC1)N(F)F. The number of sulfonamides is 1. The van der Waals surface area contributed by atoms with Gasteiger partial charge in [0.05, 0.1) is 5.25 Å². The molecule has 9 heavy (non-hydrogen) atoms. The van der Waals surface area contributed by atoms with Crippen LogP contribution in [0.1, 0.15) is 12.8 Å². The Hall–Kier alpha value is -0.230. The van der Waals surface area contributed by atoms with Crippen LogP contribution in [0.25, 0.3) is 0 Å². The van der Waals surface area contributed by atoms with E-state index < -0.39 is 20.0 Å². The van der Waals surface area contributed by atoms with Gasteiger partial charge in [0.15, 0.2) is 0 Å². The van der Waals surface area contributed by atoms with Crippen LogP contribution in [0.2, 0.25) is 0 Å². The molecule has 0 aromatic rings. The van der Waals surface area contributed by atoms with E-state index in [4.69, 9.17) is 0 Å². The number of halogens is 2. The van der Waals surface area contributed by atoms with Gasteiger partial charge in [0.1, 0.15) is 4.75 Å². The maximum Gasteiger partial charge on any atom is 0.271 e. The Bertz CT molecular complexity index is 188. The lowest BCUT2D eigenvalue weighted by Gasteiger charge is -1.97. The van der Waals surface area contributed by atoms with E-state index in [1.807, 2.05) is 0 Å². The minimum atomic E-state index is -4.20. The highest BCUT2D eigenvalue weighted by molar-refractivity contribution is 7.89. The van der Waals surface area contributed by atoms with Crippen LogP contribution in [0, 0.1) is 0 Å². The van der Waals surface area contributed by atoms with Gasteiger partial charge >= 0.3 is 0 Å². The van der Waals surface area contributed by atoms with E-state index in [1.165, 1.54) is 0 Å². The summed E-state index contributed by atoms with van der Waals surface area (Å²) in [6, 6.07) is 0. The lowest BCUT2D eigenvalue weighted by molar-refractivity contribution is -0.0540. The van der Waals surface area contributed by atoms with E-state index in [0.29, 0.717) is 12.8 Å². The van der Waals surface area contributed by atoms with Crippen molar-refractivity contribution in [2.45, 2.75) is 18.1 Å². The van der Waals surface area contributed by atoms with Crippen LogP contribution in [0.15, 0.2) is 0 Å². The summed E-state index contributed by atoms with van der Waals surface area (Å²) in [5.74, 6) is 0. The molecule has 0 aliphatic heterocycles. The van der Waals surface area contributed by atoms with Crippen molar-refractivity contribution in [1.29, 1.82) is 0 Å². The molecule has 54 valence electrons. The van der Waals surface area contributed by atoms with E-state index in [0.717, 1.165) is 0 Å². The van der Waals surface area contributed by atoms with Gasteiger partial charge in [-0.2, -0.15) is 0 Å². The molecule has 0 radical (unpaired) electrons. The van der Waals surface area contributed by atoms with Crippen LogP contribution in [0.5, 0.6) is 0 Å². The van der Waals surface area contributed by atoms with Crippen LogP contribution in [-0.4, -0.2) is 18.4 Å². The minimum absolute atomic E-state index is 0.368. The Morgan fingerprint density at radius 2 is 1.78 bits per heavy atom. The molecule has 1 saturated carbocycles. The summed E-state index contributed by atoms with van der Waals surface area (Å²) in [6.45, 7) is 0. The van der Waals surface area contributed by atoms with Gasteiger partial charge in [-0.05, 0) is 12.8 Å². The van der Waals surface area contributed by atoms with Crippen LogP contribution in [-0.2, 0) is 10.0 Å². The van der Waals surface area contributed by atoms with E-state index >= 15 is 0 Å². The van der Waals surface area contributed by atoms with Gasteiger partial charge in [-0.25, -0.2) is 8.42 Å². The first-order valence-corrected chi connectivity index (χ1v) is 3.91. The largest absolute Gasteiger partial charge is 0.271 e. The van der Waals surface area contributed by atoms with Crippen LogP contribution >= 0.6 is 0 Å². The molecule has 1 rings (SSSR count). The van der Waals surface area contributed by atoms with Gasteiger partial charge < -0.3 is 0 Å². The second-order valence-electron chi connectivity index (χ2n) is 1.92. The zero-order chi connectivity index (χ0) is 7.07. The molecule has 3 nitrogen and oxygen atoms in total. The Morgan fingerprint density at radius 1 is 1.33 bits per heavy atom. The predicted octanol–water partition coefficient (Wildman–Crippen LogP) is 0.550. The van der Waals surface area contributed by atoms with E-state index in [-0.39, 0.29) is 0 Å². The third-order valence-electron chi connectivity index (χ3n) is 1.14. The van der Waals surface area contributed by atoms with Crippen molar-refractivity contribution in [3.8, 4) is 0 Å². The van der Waals surface area contributed by atoms with Crippen LogP contribution < -0.4 is 0 Å². The number of hydrogen-bond acceptors (Lipinski definition) is 2. The van der Waals surface area contributed by atoms with E-state index in [9.17, 15) is 17.4 Å². The molecule has 0 bridgehead atoms. The first-order chi connectivity index (χ1) is 4.05. The van der Waals surface area contributed by atoms with Gasteiger partial charge in [-0.3, -0.25) is 0 Å². The second kappa shape index (κ2) is 1.88. The molecule has 0 amide bonds. The quantitative estimate of drug-likeness (QED) is 0.549. The normalized spacial score (nSPS) is 20.8. The molecular weight excluding hydrogens is 152 g/mol. The lowest BCUT2D eigenvalue weighted by atomic mass is 11.0. The molecule has 0 aromatic heterocycles. The first-order valence-electron chi connectivity index (χ1n) is 2.41. The van der Waals surface area contributed by atoms with Gasteiger partial charge in [-0.1, -0.05) is 8.96 Å². The molecule has 0 heterocycles. The molecule has 0 aromatic carbocycles. The third kappa shape index (κ3) is 1.19. The molecule has 1 fully saturated rings. The van der Waals surface area contributed by atoms with Crippen molar-refractivity contribution >= 4 is 10.0 Å². The molecular formula is C3H5F2NO2S. The summed E-state index contributed by atoms with van der Waals surface area (Å²) >= 11 is 0. The highest BCUT2D eigenvalue weighted by Crippen LogP contribution is 2.31. The molecule has 0 atom stereocenters. The van der Waals surface area contributed by atoms with Crippen molar-refractivity contribution < 1.29 is 17.4 Å². The van der Waals surface area contributed by atoms with Crippen molar-refractivity contribution in [2.24, 2.45) is 0 Å². The summed E-state index contributed by atoms with van der Waals surface area (Å²) in [7, 11) is -4.20. The van der Waals surface area contributed by atoms with Crippen molar-refractivity contribution in [1.82, 2.24) is 4.75 Å². The summed E-state index contributed by atoms with van der Waals surface area (Å²) in [5.41, 5.74) is 0. The van der Waals surface area contributed by atoms with Crippen molar-refractivity contribution in [2.75, 3.05) is 0 Å². The van der Waals surface area contributed by atoms with Crippen LogP contribution in [0.3, 0.4) is 0 Å². The second-order valence-corrected chi connectivity index (χ2v) is 3.89.